The third kappa shape index (κ3) is 3.56. The van der Waals surface area contributed by atoms with Crippen LogP contribution in [-0.2, 0) is 6.54 Å². The molecule has 138 valence electrons. The van der Waals surface area contributed by atoms with Gasteiger partial charge in [-0.25, -0.2) is 9.97 Å². The molecular weight excluding hydrogens is 356 g/mol. The summed E-state index contributed by atoms with van der Waals surface area (Å²) in [4.78, 5) is 23.8. The number of pyridine rings is 1. The summed E-state index contributed by atoms with van der Waals surface area (Å²) in [5, 5.41) is 18.7. The second-order valence-electron chi connectivity index (χ2n) is 6.02. The molecule has 0 aliphatic carbocycles. The average Bonchev–Trinajstić information content (AvgIpc) is 2.73. The Labute approximate surface area is 160 Å². The van der Waals surface area contributed by atoms with Crippen molar-refractivity contribution in [3.05, 3.63) is 88.9 Å². The maximum atomic E-state index is 11.7. The first kappa shape index (κ1) is 17.3. The van der Waals surface area contributed by atoms with Crippen LogP contribution in [-0.4, -0.2) is 19.9 Å². The Morgan fingerprint density at radius 3 is 2.50 bits per heavy atom. The Hall–Kier alpha value is -4.07. The number of fused-ring (bicyclic) bond motifs is 1. The largest absolute Gasteiger partial charge is 0.360 e. The Morgan fingerprint density at radius 1 is 0.893 bits per heavy atom. The zero-order valence-corrected chi connectivity index (χ0v) is 14.7. The van der Waals surface area contributed by atoms with Crippen LogP contribution in [0, 0.1) is 10.1 Å². The van der Waals surface area contributed by atoms with Crippen LogP contribution in [0.3, 0.4) is 0 Å². The maximum absolute atomic E-state index is 11.7. The predicted molar refractivity (Wildman–Crippen MR) is 107 cm³/mol. The van der Waals surface area contributed by atoms with E-state index in [1.807, 2.05) is 54.6 Å². The fourth-order valence-electron chi connectivity index (χ4n) is 2.89. The predicted octanol–water partition coefficient (Wildman–Crippen LogP) is 4.29. The van der Waals surface area contributed by atoms with Gasteiger partial charge in [0, 0.05) is 18.1 Å². The summed E-state index contributed by atoms with van der Waals surface area (Å²) < 4.78 is 0. The first-order chi connectivity index (χ1) is 13.7. The summed E-state index contributed by atoms with van der Waals surface area (Å²) in [6.07, 6.45) is 2.97. The van der Waals surface area contributed by atoms with Gasteiger partial charge in [-0.3, -0.25) is 15.1 Å². The van der Waals surface area contributed by atoms with Crippen LogP contribution in [0.2, 0.25) is 0 Å². The highest BCUT2D eigenvalue weighted by Crippen LogP contribution is 2.33. The van der Waals surface area contributed by atoms with E-state index in [0.717, 1.165) is 10.9 Å². The van der Waals surface area contributed by atoms with E-state index in [-0.39, 0.29) is 17.3 Å². The second kappa shape index (κ2) is 7.67. The highest BCUT2D eigenvalue weighted by Gasteiger charge is 2.23. The minimum atomic E-state index is -0.492. The van der Waals surface area contributed by atoms with Crippen molar-refractivity contribution in [2.75, 3.05) is 10.6 Å². The van der Waals surface area contributed by atoms with Gasteiger partial charge in [0.25, 0.3) is 0 Å². The number of nitrogens with one attached hydrogen (secondary N) is 2. The van der Waals surface area contributed by atoms with Gasteiger partial charge >= 0.3 is 5.69 Å². The Morgan fingerprint density at radius 2 is 1.68 bits per heavy atom. The molecule has 0 unspecified atom stereocenters. The number of nitrogens with zero attached hydrogens (tertiary/aromatic N) is 4. The minimum Gasteiger partial charge on any atom is -0.360 e. The molecule has 4 aromatic rings. The highest BCUT2D eigenvalue weighted by atomic mass is 16.6. The van der Waals surface area contributed by atoms with Crippen molar-refractivity contribution >= 4 is 33.9 Å². The van der Waals surface area contributed by atoms with E-state index in [1.54, 1.807) is 12.3 Å². The Bertz CT molecular complexity index is 1130. The zero-order chi connectivity index (χ0) is 19.3. The van der Waals surface area contributed by atoms with Gasteiger partial charge in [0.2, 0.25) is 11.6 Å². The second-order valence-corrected chi connectivity index (χ2v) is 6.02. The SMILES string of the molecule is O=[N+]([O-])c1c(NCc2ccccc2)ncnc1Nc1cccc2cccnc12. The van der Waals surface area contributed by atoms with Crippen LogP contribution in [0.25, 0.3) is 10.9 Å². The van der Waals surface area contributed by atoms with Crippen LogP contribution >= 0.6 is 0 Å². The van der Waals surface area contributed by atoms with E-state index in [0.29, 0.717) is 17.7 Å². The number of para-hydroxylation sites is 1. The lowest BCUT2D eigenvalue weighted by atomic mass is 10.2. The van der Waals surface area contributed by atoms with Gasteiger partial charge in [-0.05, 0) is 17.7 Å². The van der Waals surface area contributed by atoms with E-state index < -0.39 is 4.92 Å². The maximum Gasteiger partial charge on any atom is 0.353 e. The van der Waals surface area contributed by atoms with Gasteiger partial charge in [-0.2, -0.15) is 0 Å². The summed E-state index contributed by atoms with van der Waals surface area (Å²) in [5.74, 6) is 0.258. The number of hydrogen-bond acceptors (Lipinski definition) is 7. The molecule has 0 saturated heterocycles. The van der Waals surface area contributed by atoms with Crippen molar-refractivity contribution in [1.29, 1.82) is 0 Å². The molecule has 0 aliphatic heterocycles. The van der Waals surface area contributed by atoms with E-state index in [2.05, 4.69) is 25.6 Å². The van der Waals surface area contributed by atoms with Crippen molar-refractivity contribution < 1.29 is 4.92 Å². The van der Waals surface area contributed by atoms with E-state index in [1.165, 1.54) is 6.33 Å². The van der Waals surface area contributed by atoms with Gasteiger partial charge < -0.3 is 10.6 Å². The van der Waals surface area contributed by atoms with E-state index >= 15 is 0 Å². The van der Waals surface area contributed by atoms with E-state index in [9.17, 15) is 10.1 Å². The lowest BCUT2D eigenvalue weighted by Crippen LogP contribution is -2.08. The fourth-order valence-corrected chi connectivity index (χ4v) is 2.89. The standard InChI is InChI=1S/C20H16N6O2/c27-26(28)18-19(22-12-14-6-2-1-3-7-14)23-13-24-20(18)25-16-10-4-8-15-9-5-11-21-17(15)16/h1-11,13H,12H2,(H2,22,23,24,25). The van der Waals surface area contributed by atoms with Crippen LogP contribution in [0.15, 0.2) is 73.2 Å². The first-order valence-electron chi connectivity index (χ1n) is 8.60. The van der Waals surface area contributed by atoms with Crippen molar-refractivity contribution in [1.82, 2.24) is 15.0 Å². The van der Waals surface area contributed by atoms with Crippen LogP contribution in [0.4, 0.5) is 23.0 Å². The lowest BCUT2D eigenvalue weighted by Gasteiger charge is -2.11. The summed E-state index contributed by atoms with van der Waals surface area (Å²) in [7, 11) is 0. The van der Waals surface area contributed by atoms with E-state index in [4.69, 9.17) is 0 Å². The molecule has 2 aromatic carbocycles. The minimum absolute atomic E-state index is 0.105. The Balaban J connectivity index is 1.68. The molecule has 8 nitrogen and oxygen atoms in total. The summed E-state index contributed by atoms with van der Waals surface area (Å²) in [6, 6.07) is 18.9. The zero-order valence-electron chi connectivity index (χ0n) is 14.7. The highest BCUT2D eigenvalue weighted by molar-refractivity contribution is 5.92. The van der Waals surface area contributed by atoms with Gasteiger partial charge in [0.1, 0.15) is 6.33 Å². The fraction of sp³-hybridized carbons (Fsp3) is 0.0500. The van der Waals surface area contributed by atoms with Crippen LogP contribution < -0.4 is 10.6 Å². The third-order valence-electron chi connectivity index (χ3n) is 4.19. The molecule has 0 fully saturated rings. The number of rotatable bonds is 6. The molecule has 2 heterocycles. The summed E-state index contributed by atoms with van der Waals surface area (Å²) in [5.41, 5.74) is 2.11. The lowest BCUT2D eigenvalue weighted by molar-refractivity contribution is -0.383. The Kier molecular flexibility index (Phi) is 4.75. The molecule has 28 heavy (non-hydrogen) atoms. The number of anilines is 3. The first-order valence-corrected chi connectivity index (χ1v) is 8.60. The number of hydrogen-bond donors (Lipinski definition) is 2. The molecule has 0 aliphatic rings. The summed E-state index contributed by atoms with van der Waals surface area (Å²) >= 11 is 0. The smallest absolute Gasteiger partial charge is 0.353 e. The van der Waals surface area contributed by atoms with Gasteiger partial charge in [0.05, 0.1) is 16.1 Å². The van der Waals surface area contributed by atoms with Crippen molar-refractivity contribution in [2.45, 2.75) is 6.54 Å². The average molecular weight is 372 g/mol. The molecule has 0 spiro atoms. The molecule has 0 radical (unpaired) electrons. The quantitative estimate of drug-likeness (QED) is 0.384. The molecule has 0 saturated carbocycles. The normalized spacial score (nSPS) is 10.6. The van der Waals surface area contributed by atoms with Crippen molar-refractivity contribution in [2.24, 2.45) is 0 Å². The van der Waals surface area contributed by atoms with Gasteiger partial charge in [0.15, 0.2) is 0 Å². The molecule has 0 bridgehead atoms. The number of benzene rings is 2. The molecule has 2 N–H and O–H groups in total. The third-order valence-corrected chi connectivity index (χ3v) is 4.19. The monoisotopic (exact) mass is 372 g/mol. The van der Waals surface area contributed by atoms with Crippen molar-refractivity contribution in [3.8, 4) is 0 Å². The summed E-state index contributed by atoms with van der Waals surface area (Å²) in [6.45, 7) is 0.411. The van der Waals surface area contributed by atoms with Gasteiger partial charge in [-0.1, -0.05) is 48.5 Å². The molecule has 2 aromatic heterocycles. The topological polar surface area (TPSA) is 106 Å². The molecular formula is C20H16N6O2. The molecule has 0 amide bonds. The van der Waals surface area contributed by atoms with Gasteiger partial charge in [-0.15, -0.1) is 0 Å². The van der Waals surface area contributed by atoms with Crippen LogP contribution in [0.1, 0.15) is 5.56 Å². The van der Waals surface area contributed by atoms with Crippen LogP contribution in [0.5, 0.6) is 0 Å². The molecule has 8 heteroatoms. The number of nitro groups is 1. The molecule has 0 atom stereocenters. The number of aromatic nitrogens is 3. The molecule has 4 rings (SSSR count). The van der Waals surface area contributed by atoms with Crippen molar-refractivity contribution in [3.63, 3.8) is 0 Å².